The predicted octanol–water partition coefficient (Wildman–Crippen LogP) is 2.05. The van der Waals surface area contributed by atoms with Crippen LogP contribution in [0.15, 0.2) is 30.6 Å². The van der Waals surface area contributed by atoms with Crippen LogP contribution in [0.2, 0.25) is 0 Å². The molecule has 1 aliphatic heterocycles. The Labute approximate surface area is 140 Å². The van der Waals surface area contributed by atoms with Crippen molar-refractivity contribution in [3.63, 3.8) is 0 Å². The average molecular weight is 332 g/mol. The van der Waals surface area contributed by atoms with Gasteiger partial charge in [0.1, 0.15) is 18.2 Å². The number of hydrogen-bond acceptors (Lipinski definition) is 4. The number of morpholine rings is 1. The number of rotatable bonds is 4. The minimum Gasteiger partial charge on any atom is -0.366 e. The van der Waals surface area contributed by atoms with E-state index in [4.69, 9.17) is 4.74 Å². The first-order valence-electron chi connectivity index (χ1n) is 8.03. The molecule has 1 saturated heterocycles. The Morgan fingerprint density at radius 3 is 3.04 bits per heavy atom. The summed E-state index contributed by atoms with van der Waals surface area (Å²) in [7, 11) is 1.85. The van der Waals surface area contributed by atoms with E-state index < -0.39 is 0 Å². The summed E-state index contributed by atoms with van der Waals surface area (Å²) in [6.07, 6.45) is 1.69. The second-order valence-electron chi connectivity index (χ2n) is 6.16. The van der Waals surface area contributed by atoms with Gasteiger partial charge < -0.3 is 14.2 Å². The minimum absolute atomic E-state index is 0.0377. The van der Waals surface area contributed by atoms with Gasteiger partial charge in [0, 0.05) is 20.0 Å². The maximum absolute atomic E-state index is 13.3. The topological polar surface area (TPSA) is 60.3 Å². The summed E-state index contributed by atoms with van der Waals surface area (Å²) in [5.74, 6) is 0.442. The SMILES string of the molecule is C[C@H](CC(=O)N1CCO[C@H](c2nncn2C)C1)c1cccc(F)c1. The van der Waals surface area contributed by atoms with E-state index >= 15 is 0 Å². The molecule has 0 spiro atoms. The number of carbonyl (C=O) groups is 1. The second kappa shape index (κ2) is 7.09. The summed E-state index contributed by atoms with van der Waals surface area (Å²) in [6.45, 7) is 3.43. The van der Waals surface area contributed by atoms with Crippen LogP contribution in [-0.2, 0) is 16.6 Å². The molecule has 24 heavy (non-hydrogen) atoms. The van der Waals surface area contributed by atoms with Crippen LogP contribution in [0.25, 0.3) is 0 Å². The molecular weight excluding hydrogens is 311 g/mol. The fourth-order valence-electron chi connectivity index (χ4n) is 2.94. The normalized spacial score (nSPS) is 19.3. The molecule has 1 amide bonds. The average Bonchev–Trinajstić information content (AvgIpc) is 3.01. The third-order valence-electron chi connectivity index (χ3n) is 4.35. The van der Waals surface area contributed by atoms with Crippen LogP contribution in [0.4, 0.5) is 4.39 Å². The molecule has 2 atom stereocenters. The molecule has 0 aliphatic carbocycles. The molecular formula is C17H21FN4O2. The van der Waals surface area contributed by atoms with Gasteiger partial charge >= 0.3 is 0 Å². The van der Waals surface area contributed by atoms with E-state index in [9.17, 15) is 9.18 Å². The maximum Gasteiger partial charge on any atom is 0.223 e. The van der Waals surface area contributed by atoms with E-state index in [1.54, 1.807) is 21.9 Å². The van der Waals surface area contributed by atoms with Crippen LogP contribution < -0.4 is 0 Å². The molecule has 2 aromatic rings. The molecule has 1 aromatic heterocycles. The van der Waals surface area contributed by atoms with Gasteiger partial charge in [0.05, 0.1) is 13.2 Å². The second-order valence-corrected chi connectivity index (χ2v) is 6.16. The Kier molecular flexibility index (Phi) is 4.89. The number of aromatic nitrogens is 3. The number of ether oxygens (including phenoxy) is 1. The van der Waals surface area contributed by atoms with Gasteiger partial charge in [-0.25, -0.2) is 4.39 Å². The first-order valence-corrected chi connectivity index (χ1v) is 8.03. The smallest absolute Gasteiger partial charge is 0.223 e. The highest BCUT2D eigenvalue weighted by Crippen LogP contribution is 2.24. The van der Waals surface area contributed by atoms with Crippen LogP contribution in [-0.4, -0.2) is 45.3 Å². The van der Waals surface area contributed by atoms with Gasteiger partial charge in [-0.3, -0.25) is 4.79 Å². The molecule has 3 rings (SSSR count). The van der Waals surface area contributed by atoms with E-state index in [1.807, 2.05) is 20.0 Å². The highest BCUT2D eigenvalue weighted by Gasteiger charge is 2.28. The molecule has 0 bridgehead atoms. The van der Waals surface area contributed by atoms with Crippen molar-refractivity contribution < 1.29 is 13.9 Å². The van der Waals surface area contributed by atoms with Crippen LogP contribution in [0.1, 0.15) is 36.8 Å². The number of aryl methyl sites for hydroxylation is 1. The van der Waals surface area contributed by atoms with Gasteiger partial charge in [-0.1, -0.05) is 19.1 Å². The monoisotopic (exact) mass is 332 g/mol. The zero-order valence-electron chi connectivity index (χ0n) is 13.9. The molecule has 0 unspecified atom stereocenters. The number of carbonyl (C=O) groups excluding carboxylic acids is 1. The van der Waals surface area contributed by atoms with E-state index in [2.05, 4.69) is 10.2 Å². The number of hydrogen-bond donors (Lipinski definition) is 0. The van der Waals surface area contributed by atoms with E-state index in [-0.39, 0.29) is 23.7 Å². The number of halogens is 1. The summed E-state index contributed by atoms with van der Waals surface area (Å²) in [4.78, 5) is 14.4. The van der Waals surface area contributed by atoms with Gasteiger partial charge in [-0.05, 0) is 23.6 Å². The largest absolute Gasteiger partial charge is 0.366 e. The number of benzene rings is 1. The van der Waals surface area contributed by atoms with Crippen molar-refractivity contribution in [3.8, 4) is 0 Å². The third kappa shape index (κ3) is 3.62. The van der Waals surface area contributed by atoms with Gasteiger partial charge in [-0.15, -0.1) is 10.2 Å². The minimum atomic E-state index is -0.277. The lowest BCUT2D eigenvalue weighted by atomic mass is 9.97. The molecule has 0 radical (unpaired) electrons. The molecule has 1 aromatic carbocycles. The van der Waals surface area contributed by atoms with Crippen molar-refractivity contribution in [1.29, 1.82) is 0 Å². The van der Waals surface area contributed by atoms with Crippen LogP contribution in [0, 0.1) is 5.82 Å². The zero-order chi connectivity index (χ0) is 17.1. The van der Waals surface area contributed by atoms with E-state index in [0.717, 1.165) is 5.56 Å². The van der Waals surface area contributed by atoms with Gasteiger partial charge in [0.2, 0.25) is 5.91 Å². The molecule has 1 aliphatic rings. The highest BCUT2D eigenvalue weighted by molar-refractivity contribution is 5.77. The van der Waals surface area contributed by atoms with Gasteiger partial charge in [0.15, 0.2) is 5.82 Å². The summed E-state index contributed by atoms with van der Waals surface area (Å²) in [6, 6.07) is 6.41. The molecule has 0 saturated carbocycles. The molecule has 1 fully saturated rings. The predicted molar refractivity (Wildman–Crippen MR) is 85.7 cm³/mol. The van der Waals surface area contributed by atoms with Crippen molar-refractivity contribution in [2.75, 3.05) is 19.7 Å². The quantitative estimate of drug-likeness (QED) is 0.860. The first-order chi connectivity index (χ1) is 11.5. The van der Waals surface area contributed by atoms with Gasteiger partial charge in [-0.2, -0.15) is 0 Å². The van der Waals surface area contributed by atoms with Crippen LogP contribution in [0.3, 0.4) is 0 Å². The summed E-state index contributed by atoms with van der Waals surface area (Å²) in [5, 5.41) is 7.92. The molecule has 2 heterocycles. The van der Waals surface area contributed by atoms with Crippen molar-refractivity contribution in [3.05, 3.63) is 47.8 Å². The van der Waals surface area contributed by atoms with Crippen molar-refractivity contribution in [2.45, 2.75) is 25.4 Å². The fourth-order valence-corrected chi connectivity index (χ4v) is 2.94. The lowest BCUT2D eigenvalue weighted by Crippen LogP contribution is -2.43. The van der Waals surface area contributed by atoms with Crippen molar-refractivity contribution in [1.82, 2.24) is 19.7 Å². The first kappa shape index (κ1) is 16.6. The van der Waals surface area contributed by atoms with Gasteiger partial charge in [0.25, 0.3) is 0 Å². The van der Waals surface area contributed by atoms with E-state index in [1.165, 1.54) is 12.1 Å². The number of amides is 1. The molecule has 6 nitrogen and oxygen atoms in total. The van der Waals surface area contributed by atoms with E-state index in [0.29, 0.717) is 31.9 Å². The Hall–Kier alpha value is -2.28. The Bertz CT molecular complexity index is 718. The summed E-state index contributed by atoms with van der Waals surface area (Å²) in [5.41, 5.74) is 0.835. The Morgan fingerprint density at radius 1 is 1.50 bits per heavy atom. The summed E-state index contributed by atoms with van der Waals surface area (Å²) < 4.78 is 20.9. The highest BCUT2D eigenvalue weighted by atomic mass is 19.1. The van der Waals surface area contributed by atoms with Crippen molar-refractivity contribution >= 4 is 5.91 Å². The van der Waals surface area contributed by atoms with Crippen molar-refractivity contribution in [2.24, 2.45) is 7.05 Å². The summed E-state index contributed by atoms with van der Waals surface area (Å²) >= 11 is 0. The Balaban J connectivity index is 1.63. The molecule has 7 heteroatoms. The Morgan fingerprint density at radius 2 is 2.33 bits per heavy atom. The molecule has 0 N–H and O–H groups in total. The molecule has 128 valence electrons. The third-order valence-corrected chi connectivity index (χ3v) is 4.35. The number of nitrogens with zero attached hydrogens (tertiary/aromatic N) is 4. The lowest BCUT2D eigenvalue weighted by molar-refractivity contribution is -0.139. The zero-order valence-corrected chi connectivity index (χ0v) is 13.9. The standard InChI is InChI=1S/C17H21FN4O2/c1-12(13-4-3-5-14(18)9-13)8-16(23)22-6-7-24-15(10-22)17-20-19-11-21(17)2/h3-5,9,11-12,15H,6-8,10H2,1-2H3/t12-,15+/m1/s1. The van der Waals surface area contributed by atoms with Crippen LogP contribution >= 0.6 is 0 Å². The maximum atomic E-state index is 13.3. The fraction of sp³-hybridized carbons (Fsp3) is 0.471. The van der Waals surface area contributed by atoms with Crippen LogP contribution in [0.5, 0.6) is 0 Å². The lowest BCUT2D eigenvalue weighted by Gasteiger charge is -2.33.